The third kappa shape index (κ3) is 8.65. The summed E-state index contributed by atoms with van der Waals surface area (Å²) in [7, 11) is 0. The molecule has 1 aromatic carbocycles. The van der Waals surface area contributed by atoms with Crippen LogP contribution in [0.3, 0.4) is 0 Å². The maximum absolute atomic E-state index is 11.5. The van der Waals surface area contributed by atoms with E-state index in [2.05, 4.69) is 27.7 Å². The van der Waals surface area contributed by atoms with Crippen LogP contribution in [0.25, 0.3) is 0 Å². The molecular weight excluding hydrogens is 414 g/mol. The molecule has 0 aliphatic rings. The molecule has 0 unspecified atom stereocenters. The van der Waals surface area contributed by atoms with Crippen LogP contribution < -0.4 is 5.11 Å². The second-order valence-corrected chi connectivity index (χ2v) is 8.28. The van der Waals surface area contributed by atoms with Gasteiger partial charge in [0.2, 0.25) is 0 Å². The molecule has 0 aliphatic heterocycles. The molecule has 0 aliphatic carbocycles. The third-order valence-corrected chi connectivity index (χ3v) is 5.82. The smallest absolute Gasteiger partial charge is 0.153 e. The average Bonchev–Trinajstić information content (AvgIpc) is 2.84. The number of hydrogen-bond donors (Lipinski definition) is 1. The highest BCUT2D eigenvalue weighted by molar-refractivity contribution is 5.71. The summed E-state index contributed by atoms with van der Waals surface area (Å²) in [5.41, 5.74) is -2.42. The molecule has 0 radical (unpaired) electrons. The summed E-state index contributed by atoms with van der Waals surface area (Å²) in [5.74, 6) is -1.83. The Balaban J connectivity index is 0.000000621. The Kier molecular flexibility index (Phi) is 14.8. The second kappa shape index (κ2) is 16.4. The van der Waals surface area contributed by atoms with Gasteiger partial charge in [0, 0.05) is 0 Å². The van der Waals surface area contributed by atoms with Crippen LogP contribution in [0.4, 0.5) is 0 Å². The van der Waals surface area contributed by atoms with Crippen LogP contribution in [0.1, 0.15) is 101 Å². The SMILES string of the molecule is CCCC[N+](CCCC)(CCCC)CCCC.N#Cc1c([O-])c(C#N)c(C#N)c(O)c1C#N. The van der Waals surface area contributed by atoms with Crippen molar-refractivity contribution in [1.29, 1.82) is 21.0 Å². The van der Waals surface area contributed by atoms with E-state index in [1.807, 2.05) is 0 Å². The topological polar surface area (TPSA) is 138 Å². The van der Waals surface area contributed by atoms with E-state index in [0.29, 0.717) is 0 Å². The highest BCUT2D eigenvalue weighted by Gasteiger charge is 2.24. The lowest BCUT2D eigenvalue weighted by molar-refractivity contribution is -0.929. The van der Waals surface area contributed by atoms with Crippen LogP contribution >= 0.6 is 0 Å². The lowest BCUT2D eigenvalue weighted by Gasteiger charge is -2.39. The van der Waals surface area contributed by atoms with Gasteiger partial charge in [0.25, 0.3) is 0 Å². The largest absolute Gasteiger partial charge is 0.871 e. The maximum Gasteiger partial charge on any atom is 0.153 e. The molecule has 0 aromatic heterocycles. The molecule has 0 amide bonds. The average molecular weight is 452 g/mol. The number of nitrogens with zero attached hydrogens (tertiary/aromatic N) is 5. The first kappa shape index (κ1) is 29.7. The van der Waals surface area contributed by atoms with Gasteiger partial charge in [-0.1, -0.05) is 59.1 Å². The minimum absolute atomic E-state index is 0.581. The van der Waals surface area contributed by atoms with E-state index in [4.69, 9.17) is 21.0 Å². The van der Waals surface area contributed by atoms with Crippen LogP contribution in [-0.4, -0.2) is 35.8 Å². The maximum atomic E-state index is 11.5. The van der Waals surface area contributed by atoms with Gasteiger partial charge in [0.15, 0.2) is 5.75 Å². The molecule has 178 valence electrons. The van der Waals surface area contributed by atoms with E-state index in [1.165, 1.54) is 106 Å². The predicted molar refractivity (Wildman–Crippen MR) is 126 cm³/mol. The zero-order valence-electron chi connectivity index (χ0n) is 20.6. The summed E-state index contributed by atoms with van der Waals surface area (Å²) in [6.07, 6.45) is 11.1. The summed E-state index contributed by atoms with van der Waals surface area (Å²) in [6.45, 7) is 15.0. The van der Waals surface area contributed by atoms with E-state index < -0.39 is 33.8 Å². The van der Waals surface area contributed by atoms with E-state index in [0.717, 1.165) is 0 Å². The summed E-state index contributed by atoms with van der Waals surface area (Å²) in [5, 5.41) is 55.5. The lowest BCUT2D eigenvalue weighted by Crippen LogP contribution is -2.50. The molecular formula is C26H37N5O2. The van der Waals surface area contributed by atoms with Crippen LogP contribution in [0.5, 0.6) is 11.5 Å². The van der Waals surface area contributed by atoms with Crippen molar-refractivity contribution >= 4 is 0 Å². The van der Waals surface area contributed by atoms with Crippen LogP contribution in [0, 0.1) is 45.3 Å². The Hall–Kier alpha value is -3.26. The Bertz CT molecular complexity index is 766. The first-order chi connectivity index (χ1) is 15.9. The molecule has 33 heavy (non-hydrogen) atoms. The molecule has 0 spiro atoms. The van der Waals surface area contributed by atoms with Crippen molar-refractivity contribution in [1.82, 2.24) is 0 Å². The zero-order chi connectivity index (χ0) is 25.3. The molecule has 0 atom stereocenters. The third-order valence-electron chi connectivity index (χ3n) is 5.82. The molecule has 1 aromatic rings. The predicted octanol–water partition coefficient (Wildman–Crippen LogP) is 4.96. The fraction of sp³-hybridized carbons (Fsp3) is 0.615. The van der Waals surface area contributed by atoms with Gasteiger partial charge in [-0.15, -0.1) is 0 Å². The van der Waals surface area contributed by atoms with E-state index >= 15 is 0 Å². The van der Waals surface area contributed by atoms with Gasteiger partial charge in [-0.3, -0.25) is 0 Å². The first-order valence-electron chi connectivity index (χ1n) is 11.9. The minimum atomic E-state index is -1.02. The van der Waals surface area contributed by atoms with E-state index in [9.17, 15) is 10.2 Å². The van der Waals surface area contributed by atoms with Gasteiger partial charge < -0.3 is 14.7 Å². The number of phenols is 1. The Morgan fingerprint density at radius 1 is 0.606 bits per heavy atom. The number of hydrogen-bond acceptors (Lipinski definition) is 6. The second-order valence-electron chi connectivity index (χ2n) is 8.28. The monoisotopic (exact) mass is 451 g/mol. The number of quaternary nitrogens is 1. The molecule has 0 saturated heterocycles. The molecule has 0 saturated carbocycles. The van der Waals surface area contributed by atoms with Crippen molar-refractivity contribution in [3.63, 3.8) is 0 Å². The number of benzene rings is 1. The van der Waals surface area contributed by atoms with Crippen molar-refractivity contribution < 1.29 is 14.7 Å². The van der Waals surface area contributed by atoms with Gasteiger partial charge >= 0.3 is 0 Å². The lowest BCUT2D eigenvalue weighted by atomic mass is 9.97. The fourth-order valence-electron chi connectivity index (χ4n) is 3.79. The number of phenolic OH excluding ortho intramolecular Hbond substituents is 1. The quantitative estimate of drug-likeness (QED) is 0.446. The molecule has 0 fully saturated rings. The molecule has 0 heterocycles. The fourth-order valence-corrected chi connectivity index (χ4v) is 3.79. The van der Waals surface area contributed by atoms with Gasteiger partial charge in [-0.25, -0.2) is 0 Å². The van der Waals surface area contributed by atoms with Crippen molar-refractivity contribution in [2.24, 2.45) is 0 Å². The summed E-state index contributed by atoms with van der Waals surface area (Å²) in [6, 6.07) is 5.75. The van der Waals surface area contributed by atoms with Gasteiger partial charge in [-0.05, 0) is 25.7 Å². The van der Waals surface area contributed by atoms with Crippen LogP contribution in [0.2, 0.25) is 0 Å². The summed E-state index contributed by atoms with van der Waals surface area (Å²) >= 11 is 0. The Morgan fingerprint density at radius 3 is 1.09 bits per heavy atom. The molecule has 1 rings (SSSR count). The molecule has 7 nitrogen and oxygen atoms in total. The number of aromatic hydroxyl groups is 1. The van der Waals surface area contributed by atoms with Gasteiger partial charge in [0.1, 0.15) is 35.4 Å². The first-order valence-corrected chi connectivity index (χ1v) is 11.9. The van der Waals surface area contributed by atoms with Crippen LogP contribution in [0.15, 0.2) is 0 Å². The number of nitriles is 4. The van der Waals surface area contributed by atoms with Crippen molar-refractivity contribution in [2.75, 3.05) is 26.2 Å². The minimum Gasteiger partial charge on any atom is -0.871 e. The van der Waals surface area contributed by atoms with E-state index in [-0.39, 0.29) is 0 Å². The Labute approximate surface area is 199 Å². The highest BCUT2D eigenvalue weighted by Crippen LogP contribution is 2.34. The summed E-state index contributed by atoms with van der Waals surface area (Å²) < 4.78 is 1.42. The highest BCUT2D eigenvalue weighted by atomic mass is 16.3. The molecule has 7 heteroatoms. The standard InChI is InChI=1S/C16H36N.C10H2N4O2/c1-5-9-13-17(14-10-6-2,15-11-7-3)16-12-8-4;11-1-5-6(2-12)10(16)8(4-14)7(3-13)9(5)15/h5-16H2,1-4H3;15-16H/q+1;/p-1. The summed E-state index contributed by atoms with van der Waals surface area (Å²) in [4.78, 5) is 0. The van der Waals surface area contributed by atoms with Crippen LogP contribution in [-0.2, 0) is 0 Å². The van der Waals surface area contributed by atoms with Crippen molar-refractivity contribution in [3.8, 4) is 35.8 Å². The van der Waals surface area contributed by atoms with Gasteiger partial charge in [-0.2, -0.15) is 21.0 Å². The molecule has 0 bridgehead atoms. The van der Waals surface area contributed by atoms with Crippen molar-refractivity contribution in [2.45, 2.75) is 79.1 Å². The molecule has 1 N–H and O–H groups in total. The normalized spacial score (nSPS) is 10.2. The number of rotatable bonds is 12. The Morgan fingerprint density at radius 2 is 0.879 bits per heavy atom. The van der Waals surface area contributed by atoms with E-state index in [1.54, 1.807) is 0 Å². The van der Waals surface area contributed by atoms with Gasteiger partial charge in [0.05, 0.1) is 37.3 Å². The number of unbranched alkanes of at least 4 members (excludes halogenated alkanes) is 4. The van der Waals surface area contributed by atoms with Crippen molar-refractivity contribution in [3.05, 3.63) is 22.3 Å². The zero-order valence-corrected chi connectivity index (χ0v) is 20.6.